The predicted octanol–water partition coefficient (Wildman–Crippen LogP) is 12.3. The Bertz CT molecular complexity index is 3430. The second-order valence-corrected chi connectivity index (χ2v) is 18.8. The standard InChI is InChI=1S/C46H32F8N10O10S3/c1-71-43(67)63(39-57-33-17-13-29(21-37(33)59-39)75-27-9-5-25(6-10-27)55-41(65)61-35-19-23(45(49,50)51)3-15-31(35)47)73-77(69,70)74-64(44(68)72-2)40-58-34-18-14-30(22-38(34)60-40)76-28-11-7-26(8-12-28)56-42(66)62-36-20-24(46(52,53)54)4-16-32(36)48/h3-22H,1-2H3,(H,57,59)(H,58,60)(H2,55,61,65)(H2,56,62,66). The molecular formula is C46H32F8N10O10S3. The fraction of sp³-hybridized carbons (Fsp3) is 0.0870. The lowest BCUT2D eigenvalue weighted by Crippen LogP contribution is -2.40. The number of rotatable bonds is 14. The number of hydrogen-bond acceptors (Lipinski definition) is 14. The zero-order valence-corrected chi connectivity index (χ0v) is 41.1. The van der Waals surface area contributed by atoms with Crippen LogP contribution in [0.15, 0.2) is 141 Å². The van der Waals surface area contributed by atoms with Gasteiger partial charge in [0.1, 0.15) is 11.6 Å². The Labute approximate surface area is 435 Å². The molecule has 0 atom stereocenters. The SMILES string of the molecule is COC(=O)N(OS(=O)(=O)ON(C(=O)OC)c1nc2cc(Sc3ccc(NC(=O)Nc4cc(C(F)(F)F)ccc4F)cc3)ccc2[nH]1)c1nc2cc(Sc3ccc(NC(=O)Nc4cc(C(F)(F)F)ccc4F)cc3)ccc2[nH]1. The van der Waals surface area contributed by atoms with Crippen molar-refractivity contribution in [2.45, 2.75) is 31.9 Å². The monoisotopic (exact) mass is 1130 g/mol. The average molecular weight is 1130 g/mol. The number of nitrogens with zero attached hydrogens (tertiary/aromatic N) is 4. The van der Waals surface area contributed by atoms with E-state index in [1.54, 1.807) is 48.5 Å². The van der Waals surface area contributed by atoms with Crippen LogP contribution in [0.4, 0.5) is 88.9 Å². The van der Waals surface area contributed by atoms with E-state index in [4.69, 9.17) is 18.0 Å². The zero-order chi connectivity index (χ0) is 55.4. The fourth-order valence-electron chi connectivity index (χ4n) is 6.58. The summed E-state index contributed by atoms with van der Waals surface area (Å²) in [5.74, 6) is -3.21. The minimum absolute atomic E-state index is 0.0856. The van der Waals surface area contributed by atoms with Crippen molar-refractivity contribution in [3.63, 3.8) is 0 Å². The number of benzene rings is 6. The second kappa shape index (κ2) is 22.3. The lowest BCUT2D eigenvalue weighted by atomic mass is 10.2. The van der Waals surface area contributed by atoms with Gasteiger partial charge in [-0.3, -0.25) is 0 Å². The van der Waals surface area contributed by atoms with Crippen molar-refractivity contribution in [3.05, 3.63) is 144 Å². The molecule has 6 N–H and O–H groups in total. The number of aromatic nitrogens is 4. The molecule has 20 nitrogen and oxygen atoms in total. The number of carbonyl (C=O) groups excluding carboxylic acids is 4. The number of alkyl halides is 6. The summed E-state index contributed by atoms with van der Waals surface area (Å²) >= 11 is 2.40. The number of hydroxylamine groups is 2. The molecule has 6 aromatic carbocycles. The van der Waals surface area contributed by atoms with E-state index in [0.717, 1.165) is 14.2 Å². The lowest BCUT2D eigenvalue weighted by molar-refractivity contribution is -0.138. The van der Waals surface area contributed by atoms with Crippen molar-refractivity contribution in [2.24, 2.45) is 0 Å². The summed E-state index contributed by atoms with van der Waals surface area (Å²) in [5.41, 5.74) is -2.36. The Balaban J connectivity index is 0.899. The topological polar surface area (TPSA) is 251 Å². The van der Waals surface area contributed by atoms with Crippen molar-refractivity contribution in [1.82, 2.24) is 19.9 Å². The smallest absolute Gasteiger partial charge is 0.443 e. The Kier molecular flexibility index (Phi) is 15.8. The van der Waals surface area contributed by atoms with E-state index in [0.29, 0.717) is 56.0 Å². The molecule has 0 saturated heterocycles. The van der Waals surface area contributed by atoms with Crippen molar-refractivity contribution in [1.29, 1.82) is 0 Å². The molecule has 0 unspecified atom stereocenters. The molecule has 0 aliphatic rings. The third-order valence-electron chi connectivity index (χ3n) is 10.1. The number of hydrogen-bond donors (Lipinski definition) is 6. The zero-order valence-electron chi connectivity index (χ0n) is 38.7. The largest absolute Gasteiger partial charge is 0.451 e. The summed E-state index contributed by atoms with van der Waals surface area (Å²) in [5, 5.41) is 9.06. The number of imidazole rings is 2. The molecule has 0 radical (unpaired) electrons. The number of methoxy groups -OCH3 is 2. The maximum absolute atomic E-state index is 14.1. The molecule has 0 aliphatic carbocycles. The van der Waals surface area contributed by atoms with Crippen molar-refractivity contribution in [2.75, 3.05) is 45.6 Å². The third kappa shape index (κ3) is 13.6. The molecule has 0 aliphatic heterocycles. The molecule has 0 saturated carbocycles. The Hall–Kier alpha value is -8.65. The summed E-state index contributed by atoms with van der Waals surface area (Å²) in [4.78, 5) is 67.1. The molecule has 6 amide bonds. The van der Waals surface area contributed by atoms with Gasteiger partial charge in [-0.1, -0.05) is 33.7 Å². The van der Waals surface area contributed by atoms with Gasteiger partial charge in [0.05, 0.1) is 58.8 Å². The molecule has 77 heavy (non-hydrogen) atoms. The van der Waals surface area contributed by atoms with Crippen LogP contribution < -0.4 is 31.4 Å². The highest BCUT2D eigenvalue weighted by Crippen LogP contribution is 2.36. The normalized spacial score (nSPS) is 11.8. The van der Waals surface area contributed by atoms with Crippen LogP contribution in [0.5, 0.6) is 0 Å². The third-order valence-corrected chi connectivity index (χ3v) is 12.7. The van der Waals surface area contributed by atoms with Crippen LogP contribution in [0.25, 0.3) is 22.1 Å². The number of anilines is 6. The quantitative estimate of drug-likeness (QED) is 0.0438. The molecule has 8 rings (SSSR count). The van der Waals surface area contributed by atoms with Gasteiger partial charge in [-0.25, -0.2) is 37.9 Å². The number of carbonyl (C=O) groups is 4. The number of aromatic amines is 2. The van der Waals surface area contributed by atoms with Gasteiger partial charge in [-0.2, -0.15) is 34.8 Å². The van der Waals surface area contributed by atoms with E-state index in [1.807, 2.05) is 10.6 Å². The first-order valence-corrected chi connectivity index (χ1v) is 24.3. The number of fused-ring (bicyclic) bond motifs is 2. The number of halogens is 8. The fourth-order valence-corrected chi connectivity index (χ4v) is 8.94. The van der Waals surface area contributed by atoms with Crippen molar-refractivity contribution < 1.29 is 80.8 Å². The van der Waals surface area contributed by atoms with Crippen LogP contribution in [0.1, 0.15) is 11.1 Å². The molecule has 0 fully saturated rings. The van der Waals surface area contributed by atoms with Gasteiger partial charge in [-0.15, -0.1) is 8.57 Å². The van der Waals surface area contributed by atoms with Crippen LogP contribution in [0, 0.1) is 11.6 Å². The average Bonchev–Trinajstić information content (AvgIpc) is 4.01. The van der Waals surface area contributed by atoms with Crippen LogP contribution in [0.3, 0.4) is 0 Å². The summed E-state index contributed by atoms with van der Waals surface area (Å²) < 4.78 is 153. The lowest BCUT2D eigenvalue weighted by Gasteiger charge is -2.19. The first-order valence-electron chi connectivity index (χ1n) is 21.3. The maximum atomic E-state index is 14.1. The Morgan fingerprint density at radius 2 is 0.883 bits per heavy atom. The molecule has 0 bridgehead atoms. The van der Waals surface area contributed by atoms with Crippen LogP contribution in [-0.2, 0) is 40.8 Å². The van der Waals surface area contributed by atoms with Crippen LogP contribution in [0.2, 0.25) is 0 Å². The van der Waals surface area contributed by atoms with E-state index in [2.05, 4.69) is 30.6 Å². The molecule has 2 heterocycles. The van der Waals surface area contributed by atoms with Gasteiger partial charge >= 0.3 is 47.0 Å². The number of ether oxygens (including phenoxy) is 2. The molecular weight excluding hydrogens is 1100 g/mol. The minimum Gasteiger partial charge on any atom is -0.451 e. The number of urea groups is 2. The van der Waals surface area contributed by atoms with Gasteiger partial charge in [-0.05, 0) is 121 Å². The number of amides is 6. The summed E-state index contributed by atoms with van der Waals surface area (Å²) in [7, 11) is -3.68. The summed E-state index contributed by atoms with van der Waals surface area (Å²) in [6.45, 7) is 0. The van der Waals surface area contributed by atoms with Gasteiger partial charge in [0.2, 0.25) is 11.9 Å². The molecule has 400 valence electrons. The van der Waals surface area contributed by atoms with Crippen LogP contribution >= 0.6 is 23.5 Å². The summed E-state index contributed by atoms with van der Waals surface area (Å²) in [6.07, 6.45) is -12.4. The summed E-state index contributed by atoms with van der Waals surface area (Å²) in [6, 6.07) is 22.8. The first-order chi connectivity index (χ1) is 36.4. The number of H-pyrrole nitrogens is 2. The van der Waals surface area contributed by atoms with E-state index in [1.165, 1.54) is 59.9 Å². The van der Waals surface area contributed by atoms with E-state index < -0.39 is 93.0 Å². The predicted molar refractivity (Wildman–Crippen MR) is 262 cm³/mol. The highest BCUT2D eigenvalue weighted by molar-refractivity contribution is 7.99. The van der Waals surface area contributed by atoms with E-state index in [9.17, 15) is 62.7 Å². The minimum atomic E-state index is -5.49. The first kappa shape index (κ1) is 54.6. The van der Waals surface area contributed by atoms with Gasteiger partial charge in [0.25, 0.3) is 0 Å². The van der Waals surface area contributed by atoms with Crippen molar-refractivity contribution >= 4 is 115 Å². The van der Waals surface area contributed by atoms with Gasteiger partial charge in [0.15, 0.2) is 0 Å². The second-order valence-electron chi connectivity index (χ2n) is 15.4. The van der Waals surface area contributed by atoms with E-state index in [-0.39, 0.29) is 43.6 Å². The highest BCUT2D eigenvalue weighted by atomic mass is 32.3. The van der Waals surface area contributed by atoms with Crippen molar-refractivity contribution in [3.8, 4) is 0 Å². The van der Waals surface area contributed by atoms with Gasteiger partial charge < -0.3 is 40.7 Å². The molecule has 8 aromatic rings. The number of nitrogens with one attached hydrogen (secondary N) is 6. The molecule has 31 heteroatoms. The van der Waals surface area contributed by atoms with Gasteiger partial charge in [0, 0.05) is 31.0 Å². The maximum Gasteiger partial charge on any atom is 0.443 e. The Morgan fingerprint density at radius 3 is 1.23 bits per heavy atom. The molecule has 0 spiro atoms. The molecule has 2 aromatic heterocycles. The van der Waals surface area contributed by atoms with E-state index >= 15 is 0 Å². The Morgan fingerprint density at radius 1 is 0.519 bits per heavy atom. The van der Waals surface area contributed by atoms with Crippen LogP contribution in [-0.4, -0.2) is 66.8 Å². The highest BCUT2D eigenvalue weighted by Gasteiger charge is 2.36.